The number of H-pyrrole nitrogens is 1. The molecule has 0 unspecified atom stereocenters. The standard InChI is InChI=1S/C15H13N3O2S/c1-7-6-16-13-12-8-2-5-11(19)18-9(8)3-4-10(12)21-14(13)15(20)17-7/h2-5,7,16H,6H2,1H3,(H,17,20)(H,18,19)/t7-/m1/s1. The Morgan fingerprint density at radius 2 is 2.05 bits per heavy atom. The maximum Gasteiger partial charge on any atom is 0.263 e. The number of amides is 1. The van der Waals surface area contributed by atoms with Crippen molar-refractivity contribution >= 4 is 43.9 Å². The Labute approximate surface area is 124 Å². The number of aromatic nitrogens is 1. The molecular weight excluding hydrogens is 286 g/mol. The lowest BCUT2D eigenvalue weighted by atomic mass is 10.1. The van der Waals surface area contributed by atoms with Crippen molar-refractivity contribution in [2.45, 2.75) is 13.0 Å². The van der Waals surface area contributed by atoms with E-state index in [9.17, 15) is 9.59 Å². The summed E-state index contributed by atoms with van der Waals surface area (Å²) in [6.45, 7) is 2.66. The van der Waals surface area contributed by atoms with Crippen molar-refractivity contribution in [3.05, 3.63) is 39.5 Å². The SMILES string of the molecule is C[C@@H]1CNc2c(sc3ccc4[nH]c(=O)ccc4c23)C(=O)N1. The molecule has 3 N–H and O–H groups in total. The second-order valence-corrected chi connectivity index (χ2v) is 6.34. The van der Waals surface area contributed by atoms with E-state index in [1.165, 1.54) is 17.4 Å². The summed E-state index contributed by atoms with van der Waals surface area (Å²) in [5.41, 5.74) is 1.53. The first-order valence-corrected chi connectivity index (χ1v) is 7.58. The van der Waals surface area contributed by atoms with Crippen LogP contribution in [0.25, 0.3) is 21.0 Å². The normalized spacial score (nSPS) is 18.1. The maximum atomic E-state index is 12.3. The van der Waals surface area contributed by atoms with Crippen molar-refractivity contribution in [1.82, 2.24) is 10.3 Å². The summed E-state index contributed by atoms with van der Waals surface area (Å²) in [6, 6.07) is 7.26. The summed E-state index contributed by atoms with van der Waals surface area (Å²) in [7, 11) is 0. The predicted octanol–water partition coefficient (Wildman–Crippen LogP) is 2.29. The van der Waals surface area contributed by atoms with Crippen LogP contribution in [0.15, 0.2) is 29.1 Å². The molecule has 1 atom stereocenters. The molecular formula is C15H13N3O2S. The van der Waals surface area contributed by atoms with Gasteiger partial charge in [0.05, 0.1) is 5.69 Å². The number of carbonyl (C=O) groups excluding carboxylic acids is 1. The Kier molecular flexibility index (Phi) is 2.56. The van der Waals surface area contributed by atoms with Gasteiger partial charge in [-0.15, -0.1) is 11.3 Å². The van der Waals surface area contributed by atoms with E-state index in [-0.39, 0.29) is 17.5 Å². The molecule has 0 saturated carbocycles. The zero-order valence-corrected chi connectivity index (χ0v) is 12.1. The number of hydrogen-bond acceptors (Lipinski definition) is 4. The van der Waals surface area contributed by atoms with E-state index in [0.29, 0.717) is 11.4 Å². The van der Waals surface area contributed by atoms with Gasteiger partial charge in [0.15, 0.2) is 0 Å². The molecule has 4 rings (SSSR count). The molecule has 5 nitrogen and oxygen atoms in total. The minimum atomic E-state index is -0.123. The Morgan fingerprint density at radius 3 is 2.90 bits per heavy atom. The lowest BCUT2D eigenvalue weighted by Crippen LogP contribution is -2.34. The Balaban J connectivity index is 2.10. The number of fused-ring (bicyclic) bond motifs is 5. The molecule has 1 aliphatic heterocycles. The molecule has 2 aromatic heterocycles. The van der Waals surface area contributed by atoms with E-state index >= 15 is 0 Å². The third-order valence-electron chi connectivity index (χ3n) is 3.72. The topological polar surface area (TPSA) is 74.0 Å². The number of pyridine rings is 1. The smallest absolute Gasteiger partial charge is 0.263 e. The fourth-order valence-electron chi connectivity index (χ4n) is 2.76. The third-order valence-corrected chi connectivity index (χ3v) is 4.88. The molecule has 1 amide bonds. The summed E-state index contributed by atoms with van der Waals surface area (Å²) >= 11 is 1.48. The second kappa shape index (κ2) is 4.33. The van der Waals surface area contributed by atoms with Crippen molar-refractivity contribution in [1.29, 1.82) is 0 Å². The predicted molar refractivity (Wildman–Crippen MR) is 85.4 cm³/mol. The van der Waals surface area contributed by atoms with Gasteiger partial charge < -0.3 is 15.6 Å². The van der Waals surface area contributed by atoms with Crippen molar-refractivity contribution in [3.8, 4) is 0 Å². The van der Waals surface area contributed by atoms with E-state index in [1.807, 2.05) is 25.1 Å². The van der Waals surface area contributed by atoms with Gasteiger partial charge in [0.1, 0.15) is 4.88 Å². The van der Waals surface area contributed by atoms with Gasteiger partial charge >= 0.3 is 0 Å². The quantitative estimate of drug-likeness (QED) is 0.596. The Morgan fingerprint density at radius 1 is 1.19 bits per heavy atom. The average molecular weight is 299 g/mol. The van der Waals surface area contributed by atoms with Gasteiger partial charge in [0, 0.05) is 39.6 Å². The van der Waals surface area contributed by atoms with Crippen molar-refractivity contribution in [3.63, 3.8) is 0 Å². The zero-order valence-electron chi connectivity index (χ0n) is 11.3. The molecule has 0 aliphatic carbocycles. The summed E-state index contributed by atoms with van der Waals surface area (Å²) < 4.78 is 1.04. The van der Waals surface area contributed by atoms with Gasteiger partial charge in [-0.25, -0.2) is 0 Å². The van der Waals surface area contributed by atoms with Crippen LogP contribution in [0.4, 0.5) is 5.69 Å². The van der Waals surface area contributed by atoms with Crippen LogP contribution in [-0.2, 0) is 0 Å². The molecule has 21 heavy (non-hydrogen) atoms. The van der Waals surface area contributed by atoms with Crippen LogP contribution in [0.2, 0.25) is 0 Å². The van der Waals surface area contributed by atoms with Crippen LogP contribution < -0.4 is 16.2 Å². The van der Waals surface area contributed by atoms with Crippen LogP contribution in [0, 0.1) is 0 Å². The van der Waals surface area contributed by atoms with Crippen LogP contribution in [0.1, 0.15) is 16.6 Å². The number of nitrogens with one attached hydrogen (secondary N) is 3. The number of aromatic amines is 1. The highest BCUT2D eigenvalue weighted by molar-refractivity contribution is 7.21. The summed E-state index contributed by atoms with van der Waals surface area (Å²) in [5, 5.41) is 8.30. The molecule has 0 radical (unpaired) electrons. The number of carbonyl (C=O) groups is 1. The molecule has 3 aromatic rings. The first-order valence-electron chi connectivity index (χ1n) is 6.77. The third kappa shape index (κ3) is 1.83. The highest BCUT2D eigenvalue weighted by Crippen LogP contribution is 2.40. The van der Waals surface area contributed by atoms with E-state index in [4.69, 9.17) is 0 Å². The zero-order chi connectivity index (χ0) is 14.6. The number of rotatable bonds is 0. The molecule has 0 bridgehead atoms. The lowest BCUT2D eigenvalue weighted by Gasteiger charge is -2.09. The van der Waals surface area contributed by atoms with Gasteiger partial charge in [-0.2, -0.15) is 0 Å². The first kappa shape index (κ1) is 12.4. The van der Waals surface area contributed by atoms with E-state index in [0.717, 1.165) is 26.7 Å². The van der Waals surface area contributed by atoms with E-state index in [1.54, 1.807) is 0 Å². The molecule has 106 valence electrons. The molecule has 1 aliphatic rings. The summed E-state index contributed by atoms with van der Waals surface area (Å²) in [6.07, 6.45) is 0. The number of hydrogen-bond donors (Lipinski definition) is 3. The fraction of sp³-hybridized carbons (Fsp3) is 0.200. The van der Waals surface area contributed by atoms with Crippen molar-refractivity contribution < 1.29 is 4.79 Å². The van der Waals surface area contributed by atoms with Gasteiger partial charge in [-0.3, -0.25) is 9.59 Å². The fourth-order valence-corrected chi connectivity index (χ4v) is 3.85. The monoisotopic (exact) mass is 299 g/mol. The molecule has 0 fully saturated rings. The molecule has 0 saturated heterocycles. The van der Waals surface area contributed by atoms with Crippen LogP contribution in [0.3, 0.4) is 0 Å². The van der Waals surface area contributed by atoms with Crippen LogP contribution in [-0.4, -0.2) is 23.5 Å². The van der Waals surface area contributed by atoms with Crippen LogP contribution in [0.5, 0.6) is 0 Å². The van der Waals surface area contributed by atoms with Gasteiger partial charge in [0.25, 0.3) is 5.91 Å². The molecule has 0 spiro atoms. The highest BCUT2D eigenvalue weighted by Gasteiger charge is 2.24. The molecule has 1 aromatic carbocycles. The highest BCUT2D eigenvalue weighted by atomic mass is 32.1. The van der Waals surface area contributed by atoms with Crippen LogP contribution >= 0.6 is 11.3 Å². The maximum absolute atomic E-state index is 12.3. The average Bonchev–Trinajstić information content (AvgIpc) is 2.77. The number of benzene rings is 1. The van der Waals surface area contributed by atoms with E-state index < -0.39 is 0 Å². The van der Waals surface area contributed by atoms with E-state index in [2.05, 4.69) is 15.6 Å². The lowest BCUT2D eigenvalue weighted by molar-refractivity contribution is 0.0949. The van der Waals surface area contributed by atoms with Gasteiger partial charge in [-0.05, 0) is 25.1 Å². The van der Waals surface area contributed by atoms with Gasteiger partial charge in [-0.1, -0.05) is 0 Å². The van der Waals surface area contributed by atoms with Crippen molar-refractivity contribution in [2.75, 3.05) is 11.9 Å². The van der Waals surface area contributed by atoms with Crippen molar-refractivity contribution in [2.24, 2.45) is 0 Å². The second-order valence-electron chi connectivity index (χ2n) is 5.28. The van der Waals surface area contributed by atoms with Gasteiger partial charge in [0.2, 0.25) is 5.56 Å². The minimum Gasteiger partial charge on any atom is -0.381 e. The molecule has 3 heterocycles. The largest absolute Gasteiger partial charge is 0.381 e. The number of thiophene rings is 1. The first-order chi connectivity index (χ1) is 10.1. The Bertz CT molecular complexity index is 941. The minimum absolute atomic E-state index is 0.0405. The summed E-state index contributed by atoms with van der Waals surface area (Å²) in [4.78, 5) is 27.3. The summed E-state index contributed by atoms with van der Waals surface area (Å²) in [5.74, 6) is -0.0405. The Hall–Kier alpha value is -2.34. The molecule has 6 heteroatoms. The number of anilines is 1.